The highest BCUT2D eigenvalue weighted by atomic mass is 16.6. The summed E-state index contributed by atoms with van der Waals surface area (Å²) in [7, 11) is 0. The van der Waals surface area contributed by atoms with Gasteiger partial charge in [0.25, 0.3) is 0 Å². The van der Waals surface area contributed by atoms with E-state index in [9.17, 15) is 9.59 Å². The van der Waals surface area contributed by atoms with E-state index in [2.05, 4.69) is 15.4 Å². The molecule has 28 heavy (non-hydrogen) atoms. The summed E-state index contributed by atoms with van der Waals surface area (Å²) < 4.78 is 7.17. The van der Waals surface area contributed by atoms with Gasteiger partial charge < -0.3 is 15.0 Å². The van der Waals surface area contributed by atoms with Gasteiger partial charge in [0.05, 0.1) is 17.4 Å². The number of aromatic nitrogens is 3. The van der Waals surface area contributed by atoms with Crippen molar-refractivity contribution >= 4 is 17.6 Å². The van der Waals surface area contributed by atoms with E-state index < -0.39 is 11.1 Å². The summed E-state index contributed by atoms with van der Waals surface area (Å²) in [6.45, 7) is 10.6. The fraction of sp³-hybridized carbons (Fsp3) is 0.600. The van der Waals surface area contributed by atoms with Crippen molar-refractivity contribution in [3.05, 3.63) is 30.2 Å². The molecule has 0 bridgehead atoms. The third kappa shape index (κ3) is 3.31. The first-order chi connectivity index (χ1) is 13.1. The van der Waals surface area contributed by atoms with Crippen LogP contribution in [0.15, 0.2) is 24.5 Å². The van der Waals surface area contributed by atoms with Crippen molar-refractivity contribution in [1.82, 2.24) is 24.8 Å². The van der Waals surface area contributed by atoms with E-state index in [0.29, 0.717) is 13.1 Å². The highest BCUT2D eigenvalue weighted by molar-refractivity contribution is 5.84. The van der Waals surface area contributed by atoms with E-state index in [1.54, 1.807) is 21.8 Å². The minimum Gasteiger partial charge on any atom is -0.444 e. The van der Waals surface area contributed by atoms with Crippen LogP contribution in [-0.4, -0.2) is 50.2 Å². The Hall–Kier alpha value is -2.64. The van der Waals surface area contributed by atoms with Crippen LogP contribution in [0.3, 0.4) is 0 Å². The number of hydrogen-bond donors (Lipinski definition) is 1. The SMILES string of the molecule is CC(C)(C)OC(=O)N1CC2C(C1)C2C(=O)NC(C)(C)c1cnc2cccnn12. The smallest absolute Gasteiger partial charge is 0.410 e. The molecule has 4 rings (SSSR count). The zero-order valence-electron chi connectivity index (χ0n) is 17.0. The number of piperidine rings is 1. The largest absolute Gasteiger partial charge is 0.444 e. The Morgan fingerprint density at radius 2 is 1.86 bits per heavy atom. The fourth-order valence-electron chi connectivity index (χ4n) is 4.10. The van der Waals surface area contributed by atoms with Gasteiger partial charge in [0.1, 0.15) is 5.60 Å². The Kier molecular flexibility index (Phi) is 4.13. The first kappa shape index (κ1) is 18.7. The maximum Gasteiger partial charge on any atom is 0.410 e. The van der Waals surface area contributed by atoms with Crippen molar-refractivity contribution in [3.63, 3.8) is 0 Å². The zero-order valence-corrected chi connectivity index (χ0v) is 17.0. The zero-order chi connectivity index (χ0) is 20.3. The second-order valence-corrected chi connectivity index (χ2v) is 9.29. The summed E-state index contributed by atoms with van der Waals surface area (Å²) in [5.74, 6) is 0.395. The van der Waals surface area contributed by atoms with Gasteiger partial charge >= 0.3 is 6.09 Å². The lowest BCUT2D eigenvalue weighted by Gasteiger charge is -2.27. The number of imidazole rings is 1. The van der Waals surface area contributed by atoms with Crippen molar-refractivity contribution < 1.29 is 14.3 Å². The number of amides is 2. The molecule has 0 spiro atoms. The lowest BCUT2D eigenvalue weighted by molar-refractivity contribution is -0.125. The van der Waals surface area contributed by atoms with E-state index in [0.717, 1.165) is 11.3 Å². The number of carbonyl (C=O) groups excluding carboxylic acids is 2. The molecule has 2 aromatic rings. The minimum absolute atomic E-state index is 0.0229. The molecule has 1 aliphatic carbocycles. The van der Waals surface area contributed by atoms with Gasteiger partial charge in [-0.15, -0.1) is 0 Å². The maximum absolute atomic E-state index is 12.9. The maximum atomic E-state index is 12.9. The average Bonchev–Trinajstić information content (AvgIpc) is 2.96. The van der Waals surface area contributed by atoms with Crippen LogP contribution in [0, 0.1) is 17.8 Å². The number of nitrogens with one attached hydrogen (secondary N) is 1. The van der Waals surface area contributed by atoms with E-state index in [1.807, 2.05) is 46.8 Å². The molecule has 150 valence electrons. The quantitative estimate of drug-likeness (QED) is 0.875. The predicted molar refractivity (Wildman–Crippen MR) is 102 cm³/mol. The molecule has 0 radical (unpaired) electrons. The summed E-state index contributed by atoms with van der Waals surface area (Å²) in [5.41, 5.74) is 0.466. The van der Waals surface area contributed by atoms with Crippen LogP contribution in [0.2, 0.25) is 0 Å². The van der Waals surface area contributed by atoms with Gasteiger partial charge in [-0.25, -0.2) is 14.3 Å². The molecule has 2 fully saturated rings. The highest BCUT2D eigenvalue weighted by Crippen LogP contribution is 2.52. The van der Waals surface area contributed by atoms with Crippen LogP contribution in [0.5, 0.6) is 0 Å². The summed E-state index contributed by atoms with van der Waals surface area (Å²) in [4.78, 5) is 31.1. The third-order valence-corrected chi connectivity index (χ3v) is 5.50. The van der Waals surface area contributed by atoms with E-state index >= 15 is 0 Å². The van der Waals surface area contributed by atoms with Crippen LogP contribution < -0.4 is 5.32 Å². The minimum atomic E-state index is -0.605. The average molecular weight is 385 g/mol. The van der Waals surface area contributed by atoms with Gasteiger partial charge in [-0.05, 0) is 58.6 Å². The first-order valence-corrected chi connectivity index (χ1v) is 9.66. The normalized spacial score (nSPS) is 24.2. The van der Waals surface area contributed by atoms with Gasteiger partial charge in [-0.3, -0.25) is 4.79 Å². The Labute approximate surface area is 164 Å². The molecule has 3 heterocycles. The van der Waals surface area contributed by atoms with Gasteiger partial charge in [0.2, 0.25) is 5.91 Å². The molecule has 2 aliphatic rings. The Balaban J connectivity index is 1.38. The number of carbonyl (C=O) groups is 2. The molecule has 1 saturated carbocycles. The summed E-state index contributed by atoms with van der Waals surface area (Å²) >= 11 is 0. The molecule has 2 amide bonds. The number of hydrogen-bond acceptors (Lipinski definition) is 5. The molecule has 0 aromatic carbocycles. The molecule has 8 nitrogen and oxygen atoms in total. The number of nitrogens with zero attached hydrogens (tertiary/aromatic N) is 4. The summed E-state index contributed by atoms with van der Waals surface area (Å²) in [6.07, 6.45) is 3.16. The highest BCUT2D eigenvalue weighted by Gasteiger charge is 2.61. The van der Waals surface area contributed by atoms with Crippen LogP contribution in [0.4, 0.5) is 4.79 Å². The molecular formula is C20H27N5O3. The molecule has 1 aliphatic heterocycles. The molecular weight excluding hydrogens is 358 g/mol. The van der Waals surface area contributed by atoms with E-state index in [4.69, 9.17) is 4.74 Å². The van der Waals surface area contributed by atoms with Crippen LogP contribution in [0.25, 0.3) is 5.65 Å². The molecule has 1 N–H and O–H groups in total. The van der Waals surface area contributed by atoms with Gasteiger partial charge in [-0.1, -0.05) is 0 Å². The second kappa shape index (κ2) is 6.18. The van der Waals surface area contributed by atoms with E-state index in [-0.39, 0.29) is 29.8 Å². The Bertz CT molecular complexity index is 917. The summed E-state index contributed by atoms with van der Waals surface area (Å²) in [6, 6.07) is 3.71. The van der Waals surface area contributed by atoms with Crippen LogP contribution in [0.1, 0.15) is 40.3 Å². The van der Waals surface area contributed by atoms with Gasteiger partial charge in [-0.2, -0.15) is 5.10 Å². The molecule has 1 saturated heterocycles. The first-order valence-electron chi connectivity index (χ1n) is 9.66. The summed E-state index contributed by atoms with van der Waals surface area (Å²) in [5, 5.41) is 7.48. The van der Waals surface area contributed by atoms with Crippen molar-refractivity contribution in [2.75, 3.05) is 13.1 Å². The number of fused-ring (bicyclic) bond motifs is 2. The second-order valence-electron chi connectivity index (χ2n) is 9.29. The Morgan fingerprint density at radius 3 is 2.50 bits per heavy atom. The fourth-order valence-corrected chi connectivity index (χ4v) is 4.10. The van der Waals surface area contributed by atoms with Crippen LogP contribution >= 0.6 is 0 Å². The van der Waals surface area contributed by atoms with Crippen molar-refractivity contribution in [2.24, 2.45) is 17.8 Å². The molecule has 8 heteroatoms. The van der Waals surface area contributed by atoms with Gasteiger partial charge in [0.15, 0.2) is 5.65 Å². The Morgan fingerprint density at radius 1 is 1.18 bits per heavy atom. The number of ether oxygens (including phenoxy) is 1. The van der Waals surface area contributed by atoms with Crippen molar-refractivity contribution in [3.8, 4) is 0 Å². The molecule has 2 atom stereocenters. The monoisotopic (exact) mass is 385 g/mol. The lowest BCUT2D eigenvalue weighted by Crippen LogP contribution is -2.44. The number of rotatable bonds is 3. The van der Waals surface area contributed by atoms with E-state index in [1.165, 1.54) is 0 Å². The predicted octanol–water partition coefficient (Wildman–Crippen LogP) is 2.19. The third-order valence-electron chi connectivity index (χ3n) is 5.50. The molecule has 2 aromatic heterocycles. The molecule has 2 unspecified atom stereocenters. The van der Waals surface area contributed by atoms with Crippen LogP contribution in [-0.2, 0) is 15.1 Å². The number of likely N-dealkylation sites (tertiary alicyclic amines) is 1. The van der Waals surface area contributed by atoms with Crippen molar-refractivity contribution in [2.45, 2.75) is 45.8 Å². The van der Waals surface area contributed by atoms with Gasteiger partial charge in [0, 0.05) is 25.2 Å². The van der Waals surface area contributed by atoms with Crippen molar-refractivity contribution in [1.29, 1.82) is 0 Å². The standard InChI is InChI=1S/C20H27N5O3/c1-19(2,3)28-18(27)24-10-12-13(11-24)16(12)17(26)23-20(4,5)14-9-21-15-7-6-8-22-25(14)15/h6-9,12-13,16H,10-11H2,1-5H3,(H,23,26). The topological polar surface area (TPSA) is 88.8 Å². The lowest BCUT2D eigenvalue weighted by atomic mass is 10.0.